The van der Waals surface area contributed by atoms with Gasteiger partial charge in [-0.25, -0.2) is 0 Å². The second-order valence-corrected chi connectivity index (χ2v) is 6.81. The van der Waals surface area contributed by atoms with Crippen LogP contribution in [0.1, 0.15) is 19.3 Å². The molecule has 3 rings (SSSR count). The molecule has 0 unspecified atom stereocenters. The lowest BCUT2D eigenvalue weighted by Gasteiger charge is -2.20. The molecular formula is C16H22N2OS. The van der Waals surface area contributed by atoms with Crippen molar-refractivity contribution in [2.24, 2.45) is 5.92 Å². The van der Waals surface area contributed by atoms with Crippen molar-refractivity contribution < 1.29 is 4.79 Å². The molecule has 2 saturated heterocycles. The second kappa shape index (κ2) is 6.64. The third kappa shape index (κ3) is 3.36. The van der Waals surface area contributed by atoms with Gasteiger partial charge in [0.15, 0.2) is 0 Å². The molecule has 108 valence electrons. The average molecular weight is 290 g/mol. The summed E-state index contributed by atoms with van der Waals surface area (Å²) in [5.41, 5.74) is 0. The molecule has 2 fully saturated rings. The molecule has 2 aliphatic heterocycles. The molecule has 1 aromatic rings. The molecule has 2 heterocycles. The first kappa shape index (κ1) is 14.0. The molecule has 0 saturated carbocycles. The van der Waals surface area contributed by atoms with Gasteiger partial charge in [-0.05, 0) is 43.9 Å². The third-order valence-corrected chi connectivity index (χ3v) is 5.43. The molecular weight excluding hydrogens is 268 g/mol. The largest absolute Gasteiger partial charge is 0.341 e. The van der Waals surface area contributed by atoms with Crippen LogP contribution in [0.5, 0.6) is 0 Å². The van der Waals surface area contributed by atoms with Gasteiger partial charge in [0.05, 0.1) is 6.04 Å². The van der Waals surface area contributed by atoms with Crippen molar-refractivity contribution >= 4 is 17.7 Å². The van der Waals surface area contributed by atoms with Crippen LogP contribution in [0.15, 0.2) is 35.2 Å². The fraction of sp³-hybridized carbons (Fsp3) is 0.562. The van der Waals surface area contributed by atoms with Crippen molar-refractivity contribution in [2.45, 2.75) is 30.2 Å². The maximum Gasteiger partial charge on any atom is 0.239 e. The molecule has 1 aromatic carbocycles. The summed E-state index contributed by atoms with van der Waals surface area (Å²) in [7, 11) is 0. The van der Waals surface area contributed by atoms with Crippen LogP contribution in [0.2, 0.25) is 0 Å². The highest BCUT2D eigenvalue weighted by molar-refractivity contribution is 7.99. The van der Waals surface area contributed by atoms with E-state index in [-0.39, 0.29) is 6.04 Å². The lowest BCUT2D eigenvalue weighted by atomic mass is 10.1. The standard InChI is InChI=1S/C16H22N2OS/c19-16(15-7-4-9-17-15)18-10-8-13(11-18)12-20-14-5-2-1-3-6-14/h1-3,5-6,13,15,17H,4,7-12H2/t13-,15-/m0/s1. The van der Waals surface area contributed by atoms with Crippen LogP contribution in [0.3, 0.4) is 0 Å². The van der Waals surface area contributed by atoms with Gasteiger partial charge >= 0.3 is 0 Å². The highest BCUT2D eigenvalue weighted by atomic mass is 32.2. The van der Waals surface area contributed by atoms with E-state index in [1.54, 1.807) is 0 Å². The van der Waals surface area contributed by atoms with Gasteiger partial charge in [0.1, 0.15) is 0 Å². The molecule has 1 amide bonds. The molecule has 0 spiro atoms. The topological polar surface area (TPSA) is 32.3 Å². The Hall–Kier alpha value is -1.00. The Bertz CT molecular complexity index is 445. The third-order valence-electron chi connectivity index (χ3n) is 4.18. The zero-order chi connectivity index (χ0) is 13.8. The molecule has 2 aliphatic rings. The van der Waals surface area contributed by atoms with E-state index in [0.29, 0.717) is 11.8 Å². The van der Waals surface area contributed by atoms with Gasteiger partial charge in [-0.3, -0.25) is 4.79 Å². The highest BCUT2D eigenvalue weighted by Gasteiger charge is 2.31. The normalized spacial score (nSPS) is 26.1. The predicted octanol–water partition coefficient (Wildman–Crippen LogP) is 2.38. The molecule has 0 radical (unpaired) electrons. The Kier molecular flexibility index (Phi) is 4.63. The molecule has 2 atom stereocenters. The van der Waals surface area contributed by atoms with Gasteiger partial charge in [0.25, 0.3) is 0 Å². The molecule has 1 N–H and O–H groups in total. The van der Waals surface area contributed by atoms with E-state index in [9.17, 15) is 4.79 Å². The molecule has 4 heteroatoms. The number of nitrogens with zero attached hydrogens (tertiary/aromatic N) is 1. The van der Waals surface area contributed by atoms with Gasteiger partial charge in [-0.1, -0.05) is 18.2 Å². The van der Waals surface area contributed by atoms with Gasteiger partial charge in [0.2, 0.25) is 5.91 Å². The van der Waals surface area contributed by atoms with Gasteiger partial charge in [-0.2, -0.15) is 0 Å². The molecule has 0 aliphatic carbocycles. The number of hydrogen-bond donors (Lipinski definition) is 1. The lowest BCUT2D eigenvalue weighted by Crippen LogP contribution is -2.42. The fourth-order valence-electron chi connectivity index (χ4n) is 3.02. The molecule has 20 heavy (non-hydrogen) atoms. The Labute approximate surface area is 125 Å². The summed E-state index contributed by atoms with van der Waals surface area (Å²) in [6.45, 7) is 2.88. The SMILES string of the molecule is O=C([C@@H]1CCCN1)N1CC[C@H](CSc2ccccc2)C1. The van der Waals surface area contributed by atoms with E-state index in [4.69, 9.17) is 0 Å². The number of likely N-dealkylation sites (tertiary alicyclic amines) is 1. The van der Waals surface area contributed by atoms with E-state index in [1.807, 2.05) is 11.8 Å². The first-order chi connectivity index (χ1) is 9.83. The summed E-state index contributed by atoms with van der Waals surface area (Å²) >= 11 is 1.91. The number of hydrogen-bond acceptors (Lipinski definition) is 3. The minimum absolute atomic E-state index is 0.0931. The van der Waals surface area contributed by atoms with Crippen LogP contribution in [0, 0.1) is 5.92 Å². The lowest BCUT2D eigenvalue weighted by molar-refractivity contribution is -0.132. The van der Waals surface area contributed by atoms with Crippen molar-refractivity contribution in [3.63, 3.8) is 0 Å². The van der Waals surface area contributed by atoms with E-state index >= 15 is 0 Å². The number of nitrogens with one attached hydrogen (secondary N) is 1. The number of rotatable bonds is 4. The van der Waals surface area contributed by atoms with Crippen molar-refractivity contribution in [1.82, 2.24) is 10.2 Å². The first-order valence-electron chi connectivity index (χ1n) is 7.53. The van der Waals surface area contributed by atoms with Gasteiger partial charge < -0.3 is 10.2 Å². The number of carbonyl (C=O) groups is 1. The van der Waals surface area contributed by atoms with E-state index in [2.05, 4.69) is 40.5 Å². The Morgan fingerprint density at radius 2 is 2.15 bits per heavy atom. The van der Waals surface area contributed by atoms with Crippen LogP contribution < -0.4 is 5.32 Å². The van der Waals surface area contributed by atoms with Crippen LogP contribution >= 0.6 is 11.8 Å². The van der Waals surface area contributed by atoms with E-state index in [0.717, 1.165) is 44.6 Å². The van der Waals surface area contributed by atoms with Crippen molar-refractivity contribution in [2.75, 3.05) is 25.4 Å². The van der Waals surface area contributed by atoms with E-state index in [1.165, 1.54) is 4.90 Å². The summed E-state index contributed by atoms with van der Waals surface area (Å²) < 4.78 is 0. The molecule has 3 nitrogen and oxygen atoms in total. The zero-order valence-corrected chi connectivity index (χ0v) is 12.6. The van der Waals surface area contributed by atoms with Crippen LogP contribution in [-0.4, -0.2) is 42.2 Å². The van der Waals surface area contributed by atoms with Crippen molar-refractivity contribution in [1.29, 1.82) is 0 Å². The summed E-state index contributed by atoms with van der Waals surface area (Å²) in [6, 6.07) is 10.6. The number of amides is 1. The number of carbonyl (C=O) groups excluding carboxylic acids is 1. The van der Waals surface area contributed by atoms with Crippen LogP contribution in [-0.2, 0) is 4.79 Å². The Balaban J connectivity index is 1.46. The fourth-order valence-corrected chi connectivity index (χ4v) is 4.07. The Morgan fingerprint density at radius 1 is 1.30 bits per heavy atom. The van der Waals surface area contributed by atoms with Gasteiger partial charge in [0, 0.05) is 23.7 Å². The highest BCUT2D eigenvalue weighted by Crippen LogP contribution is 2.26. The minimum atomic E-state index is 0.0931. The maximum absolute atomic E-state index is 12.3. The summed E-state index contributed by atoms with van der Waals surface area (Å²) in [6.07, 6.45) is 3.30. The minimum Gasteiger partial charge on any atom is -0.341 e. The summed E-state index contributed by atoms with van der Waals surface area (Å²) in [4.78, 5) is 15.7. The van der Waals surface area contributed by atoms with Crippen molar-refractivity contribution in [3.8, 4) is 0 Å². The number of thioether (sulfide) groups is 1. The van der Waals surface area contributed by atoms with Crippen LogP contribution in [0.25, 0.3) is 0 Å². The first-order valence-corrected chi connectivity index (χ1v) is 8.51. The summed E-state index contributed by atoms with van der Waals surface area (Å²) in [5.74, 6) is 2.09. The van der Waals surface area contributed by atoms with Gasteiger partial charge in [-0.15, -0.1) is 11.8 Å². The molecule has 0 bridgehead atoms. The number of benzene rings is 1. The van der Waals surface area contributed by atoms with E-state index < -0.39 is 0 Å². The van der Waals surface area contributed by atoms with Crippen molar-refractivity contribution in [3.05, 3.63) is 30.3 Å². The average Bonchev–Trinajstić information content (AvgIpc) is 3.17. The Morgan fingerprint density at radius 3 is 2.90 bits per heavy atom. The predicted molar refractivity (Wildman–Crippen MR) is 82.9 cm³/mol. The smallest absolute Gasteiger partial charge is 0.239 e. The maximum atomic E-state index is 12.3. The quantitative estimate of drug-likeness (QED) is 0.864. The zero-order valence-electron chi connectivity index (χ0n) is 11.8. The monoisotopic (exact) mass is 290 g/mol. The van der Waals surface area contributed by atoms with Crippen LogP contribution in [0.4, 0.5) is 0 Å². The summed E-state index contributed by atoms with van der Waals surface area (Å²) in [5, 5.41) is 3.31. The second-order valence-electron chi connectivity index (χ2n) is 5.71. The molecule has 0 aromatic heterocycles.